The molecule has 0 saturated carbocycles. The Bertz CT molecular complexity index is 357. The normalized spacial score (nSPS) is 26.8. The molecular formula is C10H10FN. The second-order valence-corrected chi connectivity index (χ2v) is 3.18. The van der Waals surface area contributed by atoms with Crippen LogP contribution in [0.25, 0.3) is 0 Å². The van der Waals surface area contributed by atoms with Gasteiger partial charge in [-0.3, -0.25) is 0 Å². The SMILES string of the molecule is CC1=CC1(N)c1ccccc1F. The average Bonchev–Trinajstić information content (AvgIpc) is 2.61. The molecule has 0 amide bonds. The zero-order valence-electron chi connectivity index (χ0n) is 6.84. The highest BCUT2D eigenvalue weighted by atomic mass is 19.1. The Morgan fingerprint density at radius 3 is 2.42 bits per heavy atom. The van der Waals surface area contributed by atoms with E-state index in [1.54, 1.807) is 18.2 Å². The van der Waals surface area contributed by atoms with Crippen LogP contribution in [0.3, 0.4) is 0 Å². The van der Waals surface area contributed by atoms with E-state index in [1.165, 1.54) is 6.07 Å². The topological polar surface area (TPSA) is 26.0 Å². The maximum absolute atomic E-state index is 13.2. The Labute approximate surface area is 70.7 Å². The number of hydrogen-bond acceptors (Lipinski definition) is 1. The summed E-state index contributed by atoms with van der Waals surface area (Å²) in [5.74, 6) is -0.229. The van der Waals surface area contributed by atoms with E-state index < -0.39 is 5.54 Å². The lowest BCUT2D eigenvalue weighted by atomic mass is 10.0. The van der Waals surface area contributed by atoms with Crippen molar-refractivity contribution in [2.45, 2.75) is 12.5 Å². The third kappa shape index (κ3) is 0.883. The van der Waals surface area contributed by atoms with Crippen LogP contribution in [0.4, 0.5) is 4.39 Å². The first kappa shape index (κ1) is 7.50. The summed E-state index contributed by atoms with van der Waals surface area (Å²) in [5.41, 5.74) is 6.89. The number of nitrogens with two attached hydrogens (primary N) is 1. The van der Waals surface area contributed by atoms with E-state index in [2.05, 4.69) is 0 Å². The van der Waals surface area contributed by atoms with Gasteiger partial charge in [-0.2, -0.15) is 0 Å². The van der Waals surface area contributed by atoms with E-state index in [0.29, 0.717) is 5.56 Å². The molecule has 0 bridgehead atoms. The zero-order valence-corrected chi connectivity index (χ0v) is 6.84. The fraction of sp³-hybridized carbons (Fsp3) is 0.200. The molecule has 1 aliphatic rings. The molecule has 1 nitrogen and oxygen atoms in total. The van der Waals surface area contributed by atoms with Crippen LogP contribution in [0.1, 0.15) is 12.5 Å². The van der Waals surface area contributed by atoms with Crippen LogP contribution >= 0.6 is 0 Å². The number of rotatable bonds is 1. The summed E-state index contributed by atoms with van der Waals surface area (Å²) < 4.78 is 13.2. The number of hydrogen-bond donors (Lipinski definition) is 1. The highest BCUT2D eigenvalue weighted by Crippen LogP contribution is 2.41. The van der Waals surface area contributed by atoms with Crippen LogP contribution in [-0.4, -0.2) is 0 Å². The molecule has 0 radical (unpaired) electrons. The van der Waals surface area contributed by atoms with Crippen LogP contribution in [0.15, 0.2) is 35.9 Å². The molecule has 0 saturated heterocycles. The first-order chi connectivity index (χ1) is 5.64. The Morgan fingerprint density at radius 1 is 1.33 bits per heavy atom. The summed E-state index contributed by atoms with van der Waals surface area (Å²) in [6.45, 7) is 1.91. The van der Waals surface area contributed by atoms with E-state index in [1.807, 2.05) is 13.0 Å². The lowest BCUT2D eigenvalue weighted by Crippen LogP contribution is -2.24. The number of benzene rings is 1. The quantitative estimate of drug-likeness (QED) is 0.629. The van der Waals surface area contributed by atoms with Crippen molar-refractivity contribution < 1.29 is 4.39 Å². The van der Waals surface area contributed by atoms with Crippen LogP contribution in [-0.2, 0) is 5.54 Å². The van der Waals surface area contributed by atoms with Crippen molar-refractivity contribution in [1.29, 1.82) is 0 Å². The van der Waals surface area contributed by atoms with Crippen LogP contribution in [0.2, 0.25) is 0 Å². The van der Waals surface area contributed by atoms with Gasteiger partial charge in [0.1, 0.15) is 5.82 Å². The predicted octanol–water partition coefficient (Wildman–Crippen LogP) is 1.94. The van der Waals surface area contributed by atoms with Crippen LogP contribution in [0.5, 0.6) is 0 Å². The standard InChI is InChI=1S/C10H10FN/c1-7-6-10(7,12)8-4-2-3-5-9(8)11/h2-6H,12H2,1H3. The largest absolute Gasteiger partial charge is 0.315 e. The highest BCUT2D eigenvalue weighted by Gasteiger charge is 2.40. The smallest absolute Gasteiger partial charge is 0.128 e. The zero-order chi connectivity index (χ0) is 8.77. The lowest BCUT2D eigenvalue weighted by molar-refractivity contribution is 0.587. The van der Waals surface area contributed by atoms with Gasteiger partial charge in [0, 0.05) is 5.56 Å². The lowest BCUT2D eigenvalue weighted by Gasteiger charge is -2.12. The molecule has 0 heterocycles. The van der Waals surface area contributed by atoms with Gasteiger partial charge in [0.2, 0.25) is 0 Å². The van der Waals surface area contributed by atoms with Crippen molar-refractivity contribution in [2.24, 2.45) is 5.73 Å². The van der Waals surface area contributed by atoms with Gasteiger partial charge in [0.15, 0.2) is 0 Å². The van der Waals surface area contributed by atoms with E-state index in [-0.39, 0.29) is 5.82 Å². The molecule has 1 aromatic carbocycles. The van der Waals surface area contributed by atoms with Gasteiger partial charge >= 0.3 is 0 Å². The molecule has 1 aliphatic carbocycles. The summed E-state index contributed by atoms with van der Waals surface area (Å²) in [4.78, 5) is 0. The molecular weight excluding hydrogens is 153 g/mol. The summed E-state index contributed by atoms with van der Waals surface area (Å²) in [6, 6.07) is 6.62. The van der Waals surface area contributed by atoms with Gasteiger partial charge < -0.3 is 5.73 Å². The Kier molecular flexibility index (Phi) is 1.36. The third-order valence-corrected chi connectivity index (χ3v) is 2.33. The van der Waals surface area contributed by atoms with Gasteiger partial charge in [0.05, 0.1) is 5.54 Å². The van der Waals surface area contributed by atoms with Crippen molar-refractivity contribution in [3.63, 3.8) is 0 Å². The van der Waals surface area contributed by atoms with Crippen molar-refractivity contribution >= 4 is 0 Å². The molecule has 0 spiro atoms. The molecule has 1 aromatic rings. The molecule has 2 N–H and O–H groups in total. The molecule has 0 fully saturated rings. The predicted molar refractivity (Wildman–Crippen MR) is 46.0 cm³/mol. The molecule has 12 heavy (non-hydrogen) atoms. The first-order valence-corrected chi connectivity index (χ1v) is 3.88. The van der Waals surface area contributed by atoms with Crippen molar-refractivity contribution in [2.75, 3.05) is 0 Å². The van der Waals surface area contributed by atoms with Crippen molar-refractivity contribution in [3.8, 4) is 0 Å². The maximum atomic E-state index is 13.2. The molecule has 0 aliphatic heterocycles. The fourth-order valence-electron chi connectivity index (χ4n) is 1.39. The van der Waals surface area contributed by atoms with Crippen LogP contribution in [0, 0.1) is 5.82 Å². The highest BCUT2D eigenvalue weighted by molar-refractivity contribution is 5.52. The molecule has 2 rings (SSSR count). The van der Waals surface area contributed by atoms with Gasteiger partial charge in [-0.25, -0.2) is 4.39 Å². The fourth-order valence-corrected chi connectivity index (χ4v) is 1.39. The second kappa shape index (κ2) is 2.17. The molecule has 1 atom stereocenters. The molecule has 62 valence electrons. The summed E-state index contributed by atoms with van der Waals surface area (Å²) in [7, 11) is 0. The van der Waals surface area contributed by atoms with Crippen molar-refractivity contribution in [1.82, 2.24) is 0 Å². The van der Waals surface area contributed by atoms with E-state index >= 15 is 0 Å². The summed E-state index contributed by atoms with van der Waals surface area (Å²) in [6.07, 6.45) is 1.87. The van der Waals surface area contributed by atoms with Gasteiger partial charge in [-0.1, -0.05) is 24.3 Å². The average molecular weight is 163 g/mol. The van der Waals surface area contributed by atoms with E-state index in [0.717, 1.165) is 5.57 Å². The second-order valence-electron chi connectivity index (χ2n) is 3.18. The van der Waals surface area contributed by atoms with Gasteiger partial charge in [-0.15, -0.1) is 0 Å². The maximum Gasteiger partial charge on any atom is 0.128 e. The summed E-state index contributed by atoms with van der Waals surface area (Å²) in [5, 5.41) is 0. The Balaban J connectivity index is 2.43. The Morgan fingerprint density at radius 2 is 1.92 bits per heavy atom. The minimum absolute atomic E-state index is 0.229. The van der Waals surface area contributed by atoms with Crippen molar-refractivity contribution in [3.05, 3.63) is 47.3 Å². The monoisotopic (exact) mass is 163 g/mol. The third-order valence-electron chi connectivity index (χ3n) is 2.33. The van der Waals surface area contributed by atoms with Gasteiger partial charge in [-0.05, 0) is 18.6 Å². The minimum atomic E-state index is -0.592. The number of halogens is 1. The summed E-state index contributed by atoms with van der Waals surface area (Å²) >= 11 is 0. The molecule has 2 heteroatoms. The van der Waals surface area contributed by atoms with E-state index in [9.17, 15) is 4.39 Å². The minimum Gasteiger partial charge on any atom is -0.315 e. The molecule has 1 unspecified atom stereocenters. The van der Waals surface area contributed by atoms with Crippen LogP contribution < -0.4 is 5.73 Å². The Hall–Kier alpha value is -1.15. The first-order valence-electron chi connectivity index (χ1n) is 3.88. The van der Waals surface area contributed by atoms with E-state index in [4.69, 9.17) is 5.73 Å². The molecule has 0 aromatic heterocycles. The van der Waals surface area contributed by atoms with Gasteiger partial charge in [0.25, 0.3) is 0 Å².